The monoisotopic (exact) mass is 207 g/mol. The van der Waals surface area contributed by atoms with Crippen molar-refractivity contribution in [1.82, 2.24) is 5.32 Å². The van der Waals surface area contributed by atoms with E-state index < -0.39 is 0 Å². The number of aromatic hydroxyl groups is 1. The van der Waals surface area contributed by atoms with Crippen molar-refractivity contribution in [2.45, 2.75) is 26.8 Å². The lowest BCUT2D eigenvalue weighted by Crippen LogP contribution is -2.30. The van der Waals surface area contributed by atoms with E-state index in [9.17, 15) is 9.90 Å². The number of rotatable bonds is 3. The number of carbonyl (C=O) groups excluding carboxylic acids is 1. The highest BCUT2D eigenvalue weighted by Crippen LogP contribution is 2.17. The molecular formula is C12H17NO2. The van der Waals surface area contributed by atoms with Gasteiger partial charge in [0.1, 0.15) is 5.75 Å². The maximum Gasteiger partial charge on any atom is 0.223 e. The van der Waals surface area contributed by atoms with E-state index in [0.717, 1.165) is 5.56 Å². The first-order valence-electron chi connectivity index (χ1n) is 5.10. The maximum atomic E-state index is 11.4. The van der Waals surface area contributed by atoms with Gasteiger partial charge in [-0.2, -0.15) is 0 Å². The van der Waals surface area contributed by atoms with Crippen molar-refractivity contribution in [3.8, 4) is 5.75 Å². The molecule has 1 rings (SSSR count). The number of amides is 1. The number of phenols is 1. The van der Waals surface area contributed by atoms with Crippen LogP contribution in [0.15, 0.2) is 24.3 Å². The van der Waals surface area contributed by atoms with Crippen LogP contribution in [-0.2, 0) is 4.79 Å². The number of hydrogen-bond donors (Lipinski definition) is 2. The van der Waals surface area contributed by atoms with Gasteiger partial charge in [0.15, 0.2) is 0 Å². The van der Waals surface area contributed by atoms with Gasteiger partial charge < -0.3 is 10.4 Å². The topological polar surface area (TPSA) is 49.3 Å². The molecule has 1 aromatic rings. The van der Waals surface area contributed by atoms with Crippen LogP contribution in [0.3, 0.4) is 0 Å². The summed E-state index contributed by atoms with van der Waals surface area (Å²) in [5.74, 6) is 0.216. The fraction of sp³-hybridized carbons (Fsp3) is 0.417. The molecule has 1 unspecified atom stereocenters. The van der Waals surface area contributed by atoms with Crippen molar-refractivity contribution in [2.75, 3.05) is 0 Å². The summed E-state index contributed by atoms with van der Waals surface area (Å²) in [5.41, 5.74) is 0.906. The molecule has 0 fully saturated rings. The first kappa shape index (κ1) is 11.6. The molecule has 82 valence electrons. The van der Waals surface area contributed by atoms with Gasteiger partial charge in [0.2, 0.25) is 5.91 Å². The van der Waals surface area contributed by atoms with Crippen molar-refractivity contribution in [2.24, 2.45) is 5.92 Å². The minimum absolute atomic E-state index is 0.0193. The van der Waals surface area contributed by atoms with Gasteiger partial charge in [0.25, 0.3) is 0 Å². The third-order valence-corrected chi connectivity index (χ3v) is 2.25. The Bertz CT molecular complexity index is 347. The van der Waals surface area contributed by atoms with Crippen molar-refractivity contribution in [3.63, 3.8) is 0 Å². The van der Waals surface area contributed by atoms with E-state index >= 15 is 0 Å². The van der Waals surface area contributed by atoms with Crippen molar-refractivity contribution >= 4 is 5.91 Å². The molecule has 0 heterocycles. The van der Waals surface area contributed by atoms with Gasteiger partial charge in [0.05, 0.1) is 6.04 Å². The maximum absolute atomic E-state index is 11.4. The zero-order valence-electron chi connectivity index (χ0n) is 9.32. The molecule has 3 nitrogen and oxygen atoms in total. The van der Waals surface area contributed by atoms with Crippen molar-refractivity contribution < 1.29 is 9.90 Å². The molecule has 15 heavy (non-hydrogen) atoms. The molecule has 0 radical (unpaired) electrons. The molecule has 0 aromatic heterocycles. The number of phenolic OH excluding ortho intramolecular Hbond substituents is 1. The highest BCUT2D eigenvalue weighted by molar-refractivity contribution is 5.78. The highest BCUT2D eigenvalue weighted by atomic mass is 16.3. The molecule has 1 amide bonds. The molecule has 0 spiro atoms. The summed E-state index contributed by atoms with van der Waals surface area (Å²) in [4.78, 5) is 11.4. The summed E-state index contributed by atoms with van der Waals surface area (Å²) in [7, 11) is 0. The van der Waals surface area contributed by atoms with Gasteiger partial charge in [-0.1, -0.05) is 26.0 Å². The van der Waals surface area contributed by atoms with Gasteiger partial charge in [-0.15, -0.1) is 0 Å². The first-order chi connectivity index (χ1) is 7.00. The van der Waals surface area contributed by atoms with Crippen LogP contribution in [0.2, 0.25) is 0 Å². The zero-order chi connectivity index (χ0) is 11.4. The summed E-state index contributed by atoms with van der Waals surface area (Å²) >= 11 is 0. The van der Waals surface area contributed by atoms with Crippen LogP contribution in [0.5, 0.6) is 5.75 Å². The second-order valence-corrected chi connectivity index (χ2v) is 3.98. The molecular weight excluding hydrogens is 190 g/mol. The van der Waals surface area contributed by atoms with Gasteiger partial charge >= 0.3 is 0 Å². The Labute approximate surface area is 90.1 Å². The Morgan fingerprint density at radius 3 is 2.53 bits per heavy atom. The molecule has 0 saturated carbocycles. The van der Waals surface area contributed by atoms with E-state index in [1.807, 2.05) is 26.8 Å². The Kier molecular flexibility index (Phi) is 3.72. The van der Waals surface area contributed by atoms with Crippen LogP contribution >= 0.6 is 0 Å². The smallest absolute Gasteiger partial charge is 0.223 e. The third kappa shape index (κ3) is 3.27. The van der Waals surface area contributed by atoms with Crippen molar-refractivity contribution in [3.05, 3.63) is 29.8 Å². The summed E-state index contributed by atoms with van der Waals surface area (Å²) in [6.07, 6.45) is 0. The van der Waals surface area contributed by atoms with E-state index in [-0.39, 0.29) is 23.6 Å². The normalized spacial score (nSPS) is 12.5. The van der Waals surface area contributed by atoms with Crippen LogP contribution in [0.4, 0.5) is 0 Å². The van der Waals surface area contributed by atoms with Crippen LogP contribution < -0.4 is 5.32 Å². The highest BCUT2D eigenvalue weighted by Gasteiger charge is 2.12. The third-order valence-electron chi connectivity index (χ3n) is 2.25. The van der Waals surface area contributed by atoms with Gasteiger partial charge in [-0.3, -0.25) is 4.79 Å². The predicted molar refractivity (Wildman–Crippen MR) is 59.5 cm³/mol. The quantitative estimate of drug-likeness (QED) is 0.798. The molecule has 3 heteroatoms. The van der Waals surface area contributed by atoms with Crippen molar-refractivity contribution in [1.29, 1.82) is 0 Å². The number of carbonyl (C=O) groups is 1. The molecule has 1 atom stereocenters. The molecule has 2 N–H and O–H groups in total. The number of hydrogen-bond acceptors (Lipinski definition) is 2. The van der Waals surface area contributed by atoms with E-state index in [1.54, 1.807) is 18.2 Å². The van der Waals surface area contributed by atoms with Gasteiger partial charge in [-0.25, -0.2) is 0 Å². The molecule has 0 aliphatic rings. The molecule has 0 saturated heterocycles. The van der Waals surface area contributed by atoms with Crippen LogP contribution in [0.25, 0.3) is 0 Å². The van der Waals surface area contributed by atoms with E-state index in [1.165, 1.54) is 0 Å². The Hall–Kier alpha value is -1.51. The average molecular weight is 207 g/mol. The van der Waals surface area contributed by atoms with E-state index in [4.69, 9.17) is 0 Å². The van der Waals surface area contributed by atoms with Crippen LogP contribution in [0.1, 0.15) is 32.4 Å². The zero-order valence-corrected chi connectivity index (χ0v) is 9.32. The summed E-state index contributed by atoms with van der Waals surface area (Å²) in [6.45, 7) is 5.60. The second kappa shape index (κ2) is 4.82. The van der Waals surface area contributed by atoms with E-state index in [2.05, 4.69) is 5.32 Å². The summed E-state index contributed by atoms with van der Waals surface area (Å²) in [5, 5.41) is 12.2. The summed E-state index contributed by atoms with van der Waals surface area (Å²) in [6, 6.07) is 6.84. The minimum atomic E-state index is -0.0769. The lowest BCUT2D eigenvalue weighted by Gasteiger charge is -2.16. The largest absolute Gasteiger partial charge is 0.508 e. The minimum Gasteiger partial charge on any atom is -0.508 e. The molecule has 0 bridgehead atoms. The SMILES string of the molecule is CC(C)C(=O)NC(C)c1cccc(O)c1. The Morgan fingerprint density at radius 1 is 1.33 bits per heavy atom. The predicted octanol–water partition coefficient (Wildman–Crippen LogP) is 2.23. The summed E-state index contributed by atoms with van der Waals surface area (Å²) < 4.78 is 0. The van der Waals surface area contributed by atoms with Crippen LogP contribution in [-0.4, -0.2) is 11.0 Å². The molecule has 0 aliphatic heterocycles. The average Bonchev–Trinajstić information content (AvgIpc) is 2.17. The second-order valence-electron chi connectivity index (χ2n) is 3.98. The fourth-order valence-corrected chi connectivity index (χ4v) is 1.26. The lowest BCUT2D eigenvalue weighted by atomic mass is 10.1. The lowest BCUT2D eigenvalue weighted by molar-refractivity contribution is -0.124. The first-order valence-corrected chi connectivity index (χ1v) is 5.10. The number of benzene rings is 1. The van der Waals surface area contributed by atoms with E-state index in [0.29, 0.717) is 0 Å². The molecule has 0 aliphatic carbocycles. The fourth-order valence-electron chi connectivity index (χ4n) is 1.26. The Morgan fingerprint density at radius 2 is 2.00 bits per heavy atom. The number of nitrogens with one attached hydrogen (secondary N) is 1. The molecule has 1 aromatic carbocycles. The van der Waals surface area contributed by atoms with Gasteiger partial charge in [-0.05, 0) is 24.6 Å². The van der Waals surface area contributed by atoms with Crippen LogP contribution in [0, 0.1) is 5.92 Å². The standard InChI is InChI=1S/C12H17NO2/c1-8(2)12(15)13-9(3)10-5-4-6-11(14)7-10/h4-9,14H,1-3H3,(H,13,15). The van der Waals surface area contributed by atoms with Gasteiger partial charge in [0, 0.05) is 5.92 Å². The Balaban J connectivity index is 2.69.